The number of halogens is 1. The Morgan fingerprint density at radius 3 is 2.39 bits per heavy atom. The van der Waals surface area contributed by atoms with Crippen molar-refractivity contribution in [2.24, 2.45) is 11.8 Å². The molecule has 0 saturated carbocycles. The fourth-order valence-corrected chi connectivity index (χ4v) is 3.34. The van der Waals surface area contributed by atoms with Crippen LogP contribution < -0.4 is 5.32 Å². The Morgan fingerprint density at radius 1 is 1.22 bits per heavy atom. The number of anilines is 1. The van der Waals surface area contributed by atoms with Crippen LogP contribution in [-0.4, -0.2) is 29.2 Å². The van der Waals surface area contributed by atoms with E-state index >= 15 is 0 Å². The van der Waals surface area contributed by atoms with Crippen LogP contribution in [0.25, 0.3) is 0 Å². The van der Waals surface area contributed by atoms with Gasteiger partial charge < -0.3 is 5.32 Å². The number of amides is 3. The molecule has 1 fully saturated rings. The summed E-state index contributed by atoms with van der Waals surface area (Å²) in [6.45, 7) is 1.70. The molecule has 1 heterocycles. The highest BCUT2D eigenvalue weighted by Crippen LogP contribution is 2.34. The minimum atomic E-state index is -0.361. The fourth-order valence-electron chi connectivity index (χ4n) is 3.09. The average Bonchev–Trinajstić information content (AvgIpc) is 2.76. The zero-order valence-electron chi connectivity index (χ0n) is 12.7. The maximum atomic E-state index is 12.3. The van der Waals surface area contributed by atoms with Crippen molar-refractivity contribution in [2.45, 2.75) is 19.8 Å². The molecular weight excluding hydrogens is 360 g/mol. The van der Waals surface area contributed by atoms with Crippen LogP contribution in [0.1, 0.15) is 18.4 Å². The minimum absolute atomic E-state index is 0.222. The molecule has 120 valence electrons. The van der Waals surface area contributed by atoms with Gasteiger partial charge in [0.25, 0.3) is 0 Å². The van der Waals surface area contributed by atoms with Gasteiger partial charge in [-0.1, -0.05) is 28.1 Å². The first-order valence-corrected chi connectivity index (χ1v) is 8.33. The molecule has 2 atom stereocenters. The number of rotatable bonds is 3. The zero-order chi connectivity index (χ0) is 16.6. The lowest BCUT2D eigenvalue weighted by molar-refractivity contribution is -0.142. The fraction of sp³-hybridized carbons (Fsp3) is 0.353. The molecule has 0 aromatic heterocycles. The smallest absolute Gasteiger partial charge is 0.244 e. The van der Waals surface area contributed by atoms with Crippen LogP contribution in [0.5, 0.6) is 0 Å². The van der Waals surface area contributed by atoms with Crippen LogP contribution >= 0.6 is 15.9 Å². The molecule has 1 saturated heterocycles. The van der Waals surface area contributed by atoms with Crippen molar-refractivity contribution < 1.29 is 14.4 Å². The van der Waals surface area contributed by atoms with Gasteiger partial charge in [-0.15, -0.1) is 0 Å². The van der Waals surface area contributed by atoms with Gasteiger partial charge >= 0.3 is 0 Å². The third-order valence-corrected chi connectivity index (χ3v) is 5.23. The molecule has 3 rings (SSSR count). The Bertz CT molecular complexity index is 688. The van der Waals surface area contributed by atoms with Crippen LogP contribution in [0.3, 0.4) is 0 Å². The monoisotopic (exact) mass is 376 g/mol. The zero-order valence-corrected chi connectivity index (χ0v) is 14.3. The van der Waals surface area contributed by atoms with Crippen molar-refractivity contribution in [1.82, 2.24) is 4.90 Å². The normalized spacial score (nSPS) is 23.1. The molecule has 5 nitrogen and oxygen atoms in total. The Labute approximate surface area is 142 Å². The predicted molar refractivity (Wildman–Crippen MR) is 89.6 cm³/mol. The quantitative estimate of drug-likeness (QED) is 0.651. The number of carbonyl (C=O) groups excluding carboxylic acids is 3. The highest BCUT2D eigenvalue weighted by atomic mass is 79.9. The lowest BCUT2D eigenvalue weighted by Gasteiger charge is -2.14. The van der Waals surface area contributed by atoms with Gasteiger partial charge in [-0.3, -0.25) is 19.3 Å². The number of fused-ring (bicyclic) bond motifs is 1. The number of hydrogen-bond donors (Lipinski definition) is 1. The minimum Gasteiger partial charge on any atom is -0.325 e. The Morgan fingerprint density at radius 2 is 1.83 bits per heavy atom. The number of imide groups is 1. The van der Waals surface area contributed by atoms with Crippen molar-refractivity contribution in [3.63, 3.8) is 0 Å². The summed E-state index contributed by atoms with van der Waals surface area (Å²) in [5.41, 5.74) is 1.64. The van der Waals surface area contributed by atoms with Crippen LogP contribution in [0.15, 0.2) is 34.8 Å². The molecule has 0 bridgehead atoms. The van der Waals surface area contributed by atoms with E-state index < -0.39 is 0 Å². The van der Waals surface area contributed by atoms with Crippen molar-refractivity contribution in [3.8, 4) is 0 Å². The lowest BCUT2D eigenvalue weighted by Crippen LogP contribution is -2.38. The standard InChI is InChI=1S/C17H17BrN2O3/c1-10-8-11(6-7-14(10)18)19-15(21)9-20-16(22)12-4-2-3-5-13(12)17(20)23/h2-3,6-8,12-13H,4-5,9H2,1H3,(H,19,21)/t12-,13-/m1/s1. The Kier molecular flexibility index (Phi) is 4.35. The number of aryl methyl sites for hydroxylation is 1. The van der Waals surface area contributed by atoms with Gasteiger partial charge in [-0.2, -0.15) is 0 Å². The SMILES string of the molecule is Cc1cc(NC(=O)CN2C(=O)[C@@H]3CC=CC[C@H]3C2=O)ccc1Br. The van der Waals surface area contributed by atoms with Gasteiger partial charge in [0, 0.05) is 10.2 Å². The third-order valence-electron chi connectivity index (χ3n) is 4.34. The molecular formula is C17H17BrN2O3. The summed E-state index contributed by atoms with van der Waals surface area (Å²) < 4.78 is 0.956. The van der Waals surface area contributed by atoms with E-state index in [1.54, 1.807) is 6.07 Å². The predicted octanol–water partition coefficient (Wildman–Crippen LogP) is 2.65. The van der Waals surface area contributed by atoms with E-state index in [1.165, 1.54) is 0 Å². The Balaban J connectivity index is 1.67. The second-order valence-corrected chi connectivity index (χ2v) is 6.78. The first kappa shape index (κ1) is 15.9. The third kappa shape index (κ3) is 3.08. The number of nitrogens with zero attached hydrogens (tertiary/aromatic N) is 1. The highest BCUT2D eigenvalue weighted by molar-refractivity contribution is 9.10. The molecule has 6 heteroatoms. The molecule has 0 radical (unpaired) electrons. The number of hydrogen-bond acceptors (Lipinski definition) is 3. The molecule has 0 unspecified atom stereocenters. The molecule has 23 heavy (non-hydrogen) atoms. The summed E-state index contributed by atoms with van der Waals surface area (Å²) in [5, 5.41) is 2.74. The summed E-state index contributed by atoms with van der Waals surface area (Å²) in [5.74, 6) is -1.41. The number of carbonyl (C=O) groups is 3. The van der Waals surface area contributed by atoms with Crippen LogP contribution in [-0.2, 0) is 14.4 Å². The summed E-state index contributed by atoms with van der Waals surface area (Å²) in [4.78, 5) is 37.9. The van der Waals surface area contributed by atoms with E-state index in [0.717, 1.165) is 14.9 Å². The molecule has 1 aliphatic heterocycles. The summed E-state index contributed by atoms with van der Waals surface area (Å²) >= 11 is 3.40. The number of nitrogens with one attached hydrogen (secondary N) is 1. The van der Waals surface area contributed by atoms with E-state index in [-0.39, 0.29) is 36.1 Å². The van der Waals surface area contributed by atoms with Crippen molar-refractivity contribution in [3.05, 3.63) is 40.4 Å². The molecule has 1 aliphatic carbocycles. The molecule has 1 aromatic carbocycles. The summed E-state index contributed by atoms with van der Waals surface area (Å²) in [6, 6.07) is 5.45. The maximum absolute atomic E-state index is 12.3. The second kappa shape index (κ2) is 6.28. The van der Waals surface area contributed by atoms with Crippen LogP contribution in [0, 0.1) is 18.8 Å². The number of allylic oxidation sites excluding steroid dienone is 2. The van der Waals surface area contributed by atoms with Crippen molar-refractivity contribution >= 4 is 39.3 Å². The molecule has 0 spiro atoms. The molecule has 3 amide bonds. The maximum Gasteiger partial charge on any atom is 0.244 e. The van der Waals surface area contributed by atoms with Gasteiger partial charge in [-0.25, -0.2) is 0 Å². The molecule has 1 aromatic rings. The van der Waals surface area contributed by atoms with Gasteiger partial charge in [0.05, 0.1) is 11.8 Å². The average molecular weight is 377 g/mol. The first-order valence-electron chi connectivity index (χ1n) is 7.53. The number of likely N-dealkylation sites (tertiary alicyclic amines) is 1. The molecule has 1 N–H and O–H groups in total. The van der Waals surface area contributed by atoms with Gasteiger partial charge in [-0.05, 0) is 43.5 Å². The van der Waals surface area contributed by atoms with E-state index in [4.69, 9.17) is 0 Å². The van der Waals surface area contributed by atoms with Crippen LogP contribution in [0.2, 0.25) is 0 Å². The van der Waals surface area contributed by atoms with Gasteiger partial charge in [0.2, 0.25) is 17.7 Å². The van der Waals surface area contributed by atoms with Crippen LogP contribution in [0.4, 0.5) is 5.69 Å². The van der Waals surface area contributed by atoms with E-state index in [2.05, 4.69) is 21.2 Å². The molecule has 2 aliphatic rings. The number of benzene rings is 1. The van der Waals surface area contributed by atoms with Gasteiger partial charge in [0.1, 0.15) is 6.54 Å². The largest absolute Gasteiger partial charge is 0.325 e. The summed E-state index contributed by atoms with van der Waals surface area (Å²) in [6.07, 6.45) is 5.03. The van der Waals surface area contributed by atoms with E-state index in [0.29, 0.717) is 18.5 Å². The van der Waals surface area contributed by atoms with Crippen molar-refractivity contribution in [1.29, 1.82) is 0 Å². The second-order valence-electron chi connectivity index (χ2n) is 5.93. The highest BCUT2D eigenvalue weighted by Gasteiger charge is 2.47. The summed E-state index contributed by atoms with van der Waals surface area (Å²) in [7, 11) is 0. The first-order chi connectivity index (χ1) is 11.0. The van der Waals surface area contributed by atoms with E-state index in [9.17, 15) is 14.4 Å². The van der Waals surface area contributed by atoms with E-state index in [1.807, 2.05) is 31.2 Å². The Hall–Kier alpha value is -1.95. The van der Waals surface area contributed by atoms with Gasteiger partial charge in [0.15, 0.2) is 0 Å². The lowest BCUT2D eigenvalue weighted by atomic mass is 9.85. The topological polar surface area (TPSA) is 66.5 Å². The van der Waals surface area contributed by atoms with Crippen molar-refractivity contribution in [2.75, 3.05) is 11.9 Å².